The normalized spacial score (nSPS) is 19.5. The van der Waals surface area contributed by atoms with Crippen molar-refractivity contribution in [3.63, 3.8) is 0 Å². The average molecular weight is 454 g/mol. The van der Waals surface area contributed by atoms with E-state index < -0.39 is 0 Å². The standard InChI is InChI=1S/C23H27N5O3S/c1-15-25-21-19(22(30)28(15)17-9-12-31-13-10-17)26-23(32-21)27-11-5-8-18(27)20(29)24-14-16-6-3-2-4-7-16/h2-4,6-7,17-18H,5,8-14H2,1H3,(H,24,29)/t18-/m1/s1. The van der Waals surface area contributed by atoms with Gasteiger partial charge in [0.25, 0.3) is 5.56 Å². The van der Waals surface area contributed by atoms with Gasteiger partial charge >= 0.3 is 0 Å². The Kier molecular flexibility index (Phi) is 5.93. The maximum atomic E-state index is 13.3. The first-order valence-electron chi connectivity index (χ1n) is 11.2. The zero-order valence-electron chi connectivity index (χ0n) is 18.1. The lowest BCUT2D eigenvalue weighted by Crippen LogP contribution is -2.43. The lowest BCUT2D eigenvalue weighted by molar-refractivity contribution is -0.122. The molecule has 168 valence electrons. The van der Waals surface area contributed by atoms with E-state index in [1.807, 2.05) is 42.2 Å². The summed E-state index contributed by atoms with van der Waals surface area (Å²) in [6.07, 6.45) is 3.30. The van der Waals surface area contributed by atoms with Gasteiger partial charge in [0, 0.05) is 32.3 Å². The average Bonchev–Trinajstić information content (AvgIpc) is 3.46. The Bertz CT molecular complexity index is 1170. The van der Waals surface area contributed by atoms with Crippen molar-refractivity contribution in [1.29, 1.82) is 0 Å². The zero-order chi connectivity index (χ0) is 22.1. The first kappa shape index (κ1) is 21.1. The molecule has 8 nitrogen and oxygen atoms in total. The summed E-state index contributed by atoms with van der Waals surface area (Å²) < 4.78 is 7.23. The fourth-order valence-corrected chi connectivity index (χ4v) is 5.70. The SMILES string of the molecule is Cc1nc2sc(N3CCC[C@@H]3C(=O)NCc3ccccc3)nc2c(=O)n1C1CCOCC1. The highest BCUT2D eigenvalue weighted by atomic mass is 32.1. The Labute approximate surface area is 190 Å². The number of fused-ring (bicyclic) bond motifs is 1. The molecular weight excluding hydrogens is 426 g/mol. The van der Waals surface area contributed by atoms with Gasteiger partial charge in [-0.25, -0.2) is 9.97 Å². The molecule has 1 amide bonds. The van der Waals surface area contributed by atoms with Crippen molar-refractivity contribution >= 4 is 32.7 Å². The molecule has 0 bridgehead atoms. The van der Waals surface area contributed by atoms with E-state index in [1.54, 1.807) is 4.57 Å². The number of carbonyl (C=O) groups excluding carboxylic acids is 1. The number of benzene rings is 1. The van der Waals surface area contributed by atoms with E-state index in [1.165, 1.54) is 11.3 Å². The first-order valence-corrected chi connectivity index (χ1v) is 12.0. The molecule has 2 aromatic heterocycles. The van der Waals surface area contributed by atoms with Gasteiger partial charge in [-0.05, 0) is 38.2 Å². The van der Waals surface area contributed by atoms with Crippen LogP contribution in [0.1, 0.15) is 43.1 Å². The van der Waals surface area contributed by atoms with Crippen LogP contribution in [0.2, 0.25) is 0 Å². The van der Waals surface area contributed by atoms with Crippen LogP contribution in [-0.2, 0) is 16.1 Å². The number of aromatic nitrogens is 3. The zero-order valence-corrected chi connectivity index (χ0v) is 18.9. The molecule has 32 heavy (non-hydrogen) atoms. The third-order valence-electron chi connectivity index (χ3n) is 6.30. The molecule has 4 heterocycles. The number of nitrogens with one attached hydrogen (secondary N) is 1. The molecule has 0 radical (unpaired) electrons. The van der Waals surface area contributed by atoms with E-state index in [4.69, 9.17) is 9.72 Å². The van der Waals surface area contributed by atoms with Gasteiger partial charge in [0.15, 0.2) is 15.5 Å². The predicted molar refractivity (Wildman–Crippen MR) is 124 cm³/mol. The molecule has 0 unspecified atom stereocenters. The minimum Gasteiger partial charge on any atom is -0.381 e. The van der Waals surface area contributed by atoms with Crippen molar-refractivity contribution in [3.8, 4) is 0 Å². The summed E-state index contributed by atoms with van der Waals surface area (Å²) in [7, 11) is 0. The fourth-order valence-electron chi connectivity index (χ4n) is 4.65. The molecule has 5 rings (SSSR count). The van der Waals surface area contributed by atoms with Crippen molar-refractivity contribution in [2.45, 2.75) is 51.2 Å². The molecule has 2 aliphatic heterocycles. The van der Waals surface area contributed by atoms with E-state index in [0.717, 1.165) is 37.8 Å². The second-order valence-electron chi connectivity index (χ2n) is 8.38. The summed E-state index contributed by atoms with van der Waals surface area (Å²) in [6, 6.07) is 9.71. The maximum absolute atomic E-state index is 13.3. The highest BCUT2D eigenvalue weighted by molar-refractivity contribution is 7.21. The largest absolute Gasteiger partial charge is 0.381 e. The molecule has 0 aliphatic carbocycles. The number of amides is 1. The molecule has 1 atom stereocenters. The van der Waals surface area contributed by atoms with Crippen molar-refractivity contribution in [3.05, 3.63) is 52.1 Å². The van der Waals surface area contributed by atoms with Gasteiger partial charge in [-0.1, -0.05) is 41.7 Å². The number of hydrogen-bond acceptors (Lipinski definition) is 7. The summed E-state index contributed by atoms with van der Waals surface area (Å²) >= 11 is 1.40. The molecule has 0 saturated carbocycles. The number of thiazole rings is 1. The molecular formula is C23H27N5O3S. The van der Waals surface area contributed by atoms with Crippen LogP contribution < -0.4 is 15.8 Å². The highest BCUT2D eigenvalue weighted by Gasteiger charge is 2.33. The van der Waals surface area contributed by atoms with Crippen molar-refractivity contribution in [1.82, 2.24) is 19.9 Å². The van der Waals surface area contributed by atoms with E-state index >= 15 is 0 Å². The predicted octanol–water partition coefficient (Wildman–Crippen LogP) is 2.80. The summed E-state index contributed by atoms with van der Waals surface area (Å²) in [6.45, 7) is 4.44. The van der Waals surface area contributed by atoms with Crippen LogP contribution in [0.15, 0.2) is 35.1 Å². The van der Waals surface area contributed by atoms with Crippen molar-refractivity contribution in [2.24, 2.45) is 0 Å². The van der Waals surface area contributed by atoms with Gasteiger partial charge < -0.3 is 15.0 Å². The summed E-state index contributed by atoms with van der Waals surface area (Å²) in [5.41, 5.74) is 1.38. The Balaban J connectivity index is 1.39. The van der Waals surface area contributed by atoms with Gasteiger partial charge in [-0.15, -0.1) is 0 Å². The lowest BCUT2D eigenvalue weighted by Gasteiger charge is -2.25. The van der Waals surface area contributed by atoms with Gasteiger partial charge in [-0.3, -0.25) is 14.2 Å². The monoisotopic (exact) mass is 453 g/mol. The molecule has 2 fully saturated rings. The van der Waals surface area contributed by atoms with Crippen LogP contribution in [0.25, 0.3) is 10.3 Å². The van der Waals surface area contributed by atoms with Gasteiger partial charge in [0.05, 0.1) is 0 Å². The number of hydrogen-bond donors (Lipinski definition) is 1. The van der Waals surface area contributed by atoms with Gasteiger partial charge in [-0.2, -0.15) is 0 Å². The third-order valence-corrected chi connectivity index (χ3v) is 7.28. The quantitative estimate of drug-likeness (QED) is 0.639. The Morgan fingerprint density at radius 2 is 1.97 bits per heavy atom. The van der Waals surface area contributed by atoms with E-state index in [9.17, 15) is 9.59 Å². The molecule has 2 saturated heterocycles. The second kappa shape index (κ2) is 8.99. The topological polar surface area (TPSA) is 89.4 Å². The molecule has 9 heteroatoms. The van der Waals surface area contributed by atoms with Crippen LogP contribution in [0, 0.1) is 6.92 Å². The number of aryl methyl sites for hydroxylation is 1. The van der Waals surface area contributed by atoms with Crippen molar-refractivity contribution < 1.29 is 9.53 Å². The number of nitrogens with zero attached hydrogens (tertiary/aromatic N) is 4. The highest BCUT2D eigenvalue weighted by Crippen LogP contribution is 2.32. The summed E-state index contributed by atoms with van der Waals surface area (Å²) in [5, 5.41) is 3.75. The summed E-state index contributed by atoms with van der Waals surface area (Å²) in [5.74, 6) is 0.706. The van der Waals surface area contributed by atoms with Crippen LogP contribution in [0.3, 0.4) is 0 Å². The fraction of sp³-hybridized carbons (Fsp3) is 0.478. The Morgan fingerprint density at radius 3 is 2.75 bits per heavy atom. The van der Waals surface area contributed by atoms with Gasteiger partial charge in [0.2, 0.25) is 5.91 Å². The number of rotatable bonds is 5. The summed E-state index contributed by atoms with van der Waals surface area (Å²) in [4.78, 5) is 38.3. The van der Waals surface area contributed by atoms with Crippen LogP contribution in [0.4, 0.5) is 5.13 Å². The lowest BCUT2D eigenvalue weighted by atomic mass is 10.1. The van der Waals surface area contributed by atoms with E-state index in [0.29, 0.717) is 41.1 Å². The van der Waals surface area contributed by atoms with Crippen LogP contribution in [-0.4, -0.2) is 46.2 Å². The molecule has 1 aromatic carbocycles. The molecule has 1 N–H and O–H groups in total. The van der Waals surface area contributed by atoms with Crippen LogP contribution >= 0.6 is 11.3 Å². The Morgan fingerprint density at radius 1 is 1.19 bits per heavy atom. The number of anilines is 1. The van der Waals surface area contributed by atoms with Gasteiger partial charge in [0.1, 0.15) is 11.9 Å². The molecule has 3 aromatic rings. The maximum Gasteiger partial charge on any atom is 0.281 e. The minimum atomic E-state index is -0.280. The molecule has 0 spiro atoms. The third kappa shape index (κ3) is 4.02. The van der Waals surface area contributed by atoms with E-state index in [2.05, 4.69) is 10.3 Å². The molecule has 2 aliphatic rings. The number of ether oxygens (including phenoxy) is 1. The first-order chi connectivity index (χ1) is 15.6. The number of carbonyl (C=O) groups is 1. The minimum absolute atomic E-state index is 0.00522. The smallest absolute Gasteiger partial charge is 0.281 e. The Hall–Kier alpha value is -2.78. The second-order valence-corrected chi connectivity index (χ2v) is 9.34. The van der Waals surface area contributed by atoms with Crippen LogP contribution in [0.5, 0.6) is 0 Å². The van der Waals surface area contributed by atoms with E-state index in [-0.39, 0.29) is 23.6 Å². The van der Waals surface area contributed by atoms with Crippen molar-refractivity contribution in [2.75, 3.05) is 24.7 Å².